The average Bonchev–Trinajstić information content (AvgIpc) is 3.25. The summed E-state index contributed by atoms with van der Waals surface area (Å²) in [4.78, 5) is 32.0. The van der Waals surface area contributed by atoms with Crippen molar-refractivity contribution >= 4 is 17.1 Å². The number of piperidine rings is 1. The number of nitrogens with one attached hydrogen (secondary N) is 1. The average molecular weight is 499 g/mol. The molecule has 1 fully saturated rings. The van der Waals surface area contributed by atoms with Crippen LogP contribution in [0.3, 0.4) is 0 Å². The lowest BCUT2D eigenvalue weighted by atomic mass is 9.92. The highest BCUT2D eigenvalue weighted by Crippen LogP contribution is 2.32. The monoisotopic (exact) mass is 498 g/mol. The molecule has 7 heteroatoms. The van der Waals surface area contributed by atoms with Gasteiger partial charge in [0.2, 0.25) is 0 Å². The quantitative estimate of drug-likeness (QED) is 0.336. The number of hydrogen-bond acceptors (Lipinski definition) is 3. The van der Waals surface area contributed by atoms with Gasteiger partial charge in [-0.3, -0.25) is 9.47 Å². The van der Waals surface area contributed by atoms with Gasteiger partial charge in [-0.2, -0.15) is 0 Å². The number of aromatic nitrogens is 2. The lowest BCUT2D eigenvalue weighted by Crippen LogP contribution is -2.49. The molecule has 1 saturated heterocycles. The number of nitrogens with zero attached hydrogens (tertiary/aromatic N) is 3. The van der Waals surface area contributed by atoms with Gasteiger partial charge in [0.1, 0.15) is 0 Å². The van der Waals surface area contributed by atoms with Crippen LogP contribution in [-0.4, -0.2) is 49.2 Å². The zero-order valence-electron chi connectivity index (χ0n) is 21.2. The molecule has 0 aliphatic carbocycles. The maximum absolute atomic E-state index is 12.9. The van der Waals surface area contributed by atoms with Crippen LogP contribution in [0.2, 0.25) is 0 Å². The Bertz CT molecular complexity index is 1340. The molecule has 3 atom stereocenters. The Morgan fingerprint density at radius 3 is 2.19 bits per heavy atom. The van der Waals surface area contributed by atoms with Crippen LogP contribution in [0, 0.1) is 0 Å². The van der Waals surface area contributed by atoms with Crippen LogP contribution in [0.25, 0.3) is 11.0 Å². The molecule has 2 N–H and O–H groups in total. The first-order chi connectivity index (χ1) is 18.0. The second-order valence-electron chi connectivity index (χ2n) is 10.1. The van der Waals surface area contributed by atoms with Crippen molar-refractivity contribution in [2.24, 2.45) is 0 Å². The first kappa shape index (κ1) is 24.8. The lowest BCUT2D eigenvalue weighted by Gasteiger charge is -2.41. The normalized spacial score (nSPS) is 18.8. The Kier molecular flexibility index (Phi) is 7.42. The van der Waals surface area contributed by atoms with Crippen LogP contribution >= 0.6 is 0 Å². The molecule has 0 bridgehead atoms. The van der Waals surface area contributed by atoms with Gasteiger partial charge in [0.05, 0.1) is 11.0 Å². The Labute approximate surface area is 217 Å². The van der Waals surface area contributed by atoms with Crippen molar-refractivity contribution in [1.29, 1.82) is 0 Å². The maximum Gasteiger partial charge on any atom is 0.407 e. The van der Waals surface area contributed by atoms with Crippen molar-refractivity contribution < 1.29 is 9.90 Å². The number of hydrogen-bond donors (Lipinski definition) is 2. The van der Waals surface area contributed by atoms with Crippen LogP contribution in [0.5, 0.6) is 0 Å². The molecule has 1 aromatic heterocycles. The number of aromatic amines is 1. The van der Waals surface area contributed by atoms with E-state index in [4.69, 9.17) is 0 Å². The summed E-state index contributed by atoms with van der Waals surface area (Å²) >= 11 is 0. The Hall–Kier alpha value is -3.84. The van der Waals surface area contributed by atoms with Crippen molar-refractivity contribution in [1.82, 2.24) is 19.4 Å². The SMILES string of the molecule is CC(C[C@H]1CC(n2c(=O)[nH]c3ccccc32)CCN1C(=O)O)N(Cc1ccccc1)Cc1ccccc1. The molecule has 0 saturated carbocycles. The number of likely N-dealkylation sites (tertiary alicyclic amines) is 1. The summed E-state index contributed by atoms with van der Waals surface area (Å²) in [5.74, 6) is 0. The van der Waals surface area contributed by atoms with E-state index >= 15 is 0 Å². The summed E-state index contributed by atoms with van der Waals surface area (Å²) in [7, 11) is 0. The van der Waals surface area contributed by atoms with Gasteiger partial charge in [-0.1, -0.05) is 72.8 Å². The Morgan fingerprint density at radius 1 is 0.973 bits per heavy atom. The summed E-state index contributed by atoms with van der Waals surface area (Å²) in [6.07, 6.45) is 1.04. The highest BCUT2D eigenvalue weighted by atomic mass is 16.4. The van der Waals surface area contributed by atoms with E-state index in [1.807, 2.05) is 41.0 Å². The fourth-order valence-electron chi connectivity index (χ4n) is 5.72. The van der Waals surface area contributed by atoms with E-state index in [1.165, 1.54) is 11.1 Å². The molecule has 5 rings (SSSR count). The minimum Gasteiger partial charge on any atom is -0.465 e. The number of amides is 1. The van der Waals surface area contributed by atoms with Crippen LogP contribution in [0.15, 0.2) is 89.7 Å². The molecule has 2 heterocycles. The molecule has 192 valence electrons. The van der Waals surface area contributed by atoms with E-state index in [2.05, 4.69) is 65.3 Å². The van der Waals surface area contributed by atoms with Crippen molar-refractivity contribution in [2.45, 2.75) is 57.4 Å². The number of para-hydroxylation sites is 2. The summed E-state index contributed by atoms with van der Waals surface area (Å²) in [6.45, 7) is 4.16. The number of imidazole rings is 1. The van der Waals surface area contributed by atoms with Gasteiger partial charge >= 0.3 is 11.8 Å². The number of carbonyl (C=O) groups is 1. The van der Waals surface area contributed by atoms with E-state index < -0.39 is 6.09 Å². The van der Waals surface area contributed by atoms with Crippen LogP contribution < -0.4 is 5.69 Å². The third kappa shape index (κ3) is 5.62. The number of fused-ring (bicyclic) bond motifs is 1. The largest absolute Gasteiger partial charge is 0.465 e. The third-order valence-electron chi connectivity index (χ3n) is 7.62. The molecule has 37 heavy (non-hydrogen) atoms. The number of H-pyrrole nitrogens is 1. The van der Waals surface area contributed by atoms with Crippen molar-refractivity contribution in [3.63, 3.8) is 0 Å². The third-order valence-corrected chi connectivity index (χ3v) is 7.62. The summed E-state index contributed by atoms with van der Waals surface area (Å²) in [5.41, 5.74) is 4.02. The van der Waals surface area contributed by atoms with E-state index in [0.29, 0.717) is 25.8 Å². The van der Waals surface area contributed by atoms with Crippen molar-refractivity contribution in [2.75, 3.05) is 6.54 Å². The molecular weight excluding hydrogens is 464 g/mol. The van der Waals surface area contributed by atoms with Crippen molar-refractivity contribution in [3.05, 3.63) is 107 Å². The summed E-state index contributed by atoms with van der Waals surface area (Å²) in [5, 5.41) is 10.0. The number of carboxylic acid groups (broad SMARTS) is 1. The van der Waals surface area contributed by atoms with Gasteiger partial charge in [0.15, 0.2) is 0 Å². The smallest absolute Gasteiger partial charge is 0.407 e. The predicted molar refractivity (Wildman–Crippen MR) is 146 cm³/mol. The molecule has 1 aliphatic heterocycles. The summed E-state index contributed by atoms with van der Waals surface area (Å²) in [6, 6.07) is 28.4. The fourth-order valence-corrected chi connectivity index (χ4v) is 5.72. The van der Waals surface area contributed by atoms with Gasteiger partial charge in [-0.15, -0.1) is 0 Å². The second kappa shape index (κ2) is 11.0. The summed E-state index contributed by atoms with van der Waals surface area (Å²) < 4.78 is 1.83. The van der Waals surface area contributed by atoms with Gasteiger partial charge in [0.25, 0.3) is 0 Å². The van der Waals surface area contributed by atoms with Crippen molar-refractivity contribution in [3.8, 4) is 0 Å². The minimum absolute atomic E-state index is 0.0480. The van der Waals surface area contributed by atoms with Gasteiger partial charge in [-0.05, 0) is 49.4 Å². The second-order valence-corrected chi connectivity index (χ2v) is 10.1. The molecule has 1 aliphatic rings. The van der Waals surface area contributed by atoms with Gasteiger partial charge in [-0.25, -0.2) is 9.59 Å². The number of rotatable bonds is 8. The molecule has 3 aromatic carbocycles. The van der Waals surface area contributed by atoms with E-state index in [9.17, 15) is 14.7 Å². The van der Waals surface area contributed by atoms with E-state index in [-0.39, 0.29) is 23.8 Å². The number of benzene rings is 3. The van der Waals surface area contributed by atoms with Crippen LogP contribution in [-0.2, 0) is 13.1 Å². The first-order valence-corrected chi connectivity index (χ1v) is 13.0. The van der Waals surface area contributed by atoms with Gasteiger partial charge < -0.3 is 15.0 Å². The highest BCUT2D eigenvalue weighted by molar-refractivity contribution is 5.75. The minimum atomic E-state index is -0.889. The van der Waals surface area contributed by atoms with Gasteiger partial charge in [0, 0.05) is 37.8 Å². The Balaban J connectivity index is 1.39. The molecule has 2 unspecified atom stereocenters. The first-order valence-electron chi connectivity index (χ1n) is 13.0. The molecule has 0 radical (unpaired) electrons. The molecular formula is C30H34N4O3. The predicted octanol–water partition coefficient (Wildman–Crippen LogP) is 5.49. The zero-order chi connectivity index (χ0) is 25.8. The van der Waals surface area contributed by atoms with Crippen LogP contribution in [0.1, 0.15) is 43.4 Å². The molecule has 1 amide bonds. The maximum atomic E-state index is 12.9. The zero-order valence-corrected chi connectivity index (χ0v) is 21.2. The topological polar surface area (TPSA) is 81.6 Å². The van der Waals surface area contributed by atoms with E-state index in [0.717, 1.165) is 24.1 Å². The van der Waals surface area contributed by atoms with Crippen LogP contribution in [0.4, 0.5) is 4.79 Å². The molecule has 4 aromatic rings. The standard InChI is InChI=1S/C30H34N4O3/c1-22(32(20-23-10-4-2-5-11-23)21-24-12-6-3-7-13-24)18-26-19-25(16-17-33(26)30(36)37)34-28-15-9-8-14-27(28)31-29(34)35/h2-15,22,25-26H,16-21H2,1H3,(H,31,35)(H,36,37)/t22?,25?,26-/m0/s1. The lowest BCUT2D eigenvalue weighted by molar-refractivity contribution is 0.0687. The fraction of sp³-hybridized carbons (Fsp3) is 0.333. The van der Waals surface area contributed by atoms with E-state index in [1.54, 1.807) is 4.90 Å². The molecule has 7 nitrogen and oxygen atoms in total. The Morgan fingerprint density at radius 2 is 1.57 bits per heavy atom. The molecule has 0 spiro atoms. The highest BCUT2D eigenvalue weighted by Gasteiger charge is 2.35.